The molecule has 0 unspecified atom stereocenters. The minimum absolute atomic E-state index is 0.191. The molecule has 0 fully saturated rings. The standard InChI is InChI=1S/C19H17ClN2O2S/c1-15-13-17(10-11-18(15)20)25(23,24)22(19-9-5-6-12-21-19)14-16-7-3-2-4-8-16/h2-13H,14H2,1H3. The van der Waals surface area contributed by atoms with Gasteiger partial charge in [0.05, 0.1) is 11.4 Å². The monoisotopic (exact) mass is 372 g/mol. The number of benzene rings is 2. The third-order valence-corrected chi connectivity index (χ3v) is 5.96. The Hall–Kier alpha value is -2.37. The van der Waals surface area contributed by atoms with Crippen molar-refractivity contribution >= 4 is 27.4 Å². The molecule has 3 aromatic rings. The van der Waals surface area contributed by atoms with Crippen molar-refractivity contribution in [3.05, 3.63) is 89.1 Å². The minimum atomic E-state index is -3.78. The fourth-order valence-electron chi connectivity index (χ4n) is 2.44. The zero-order valence-corrected chi connectivity index (χ0v) is 15.2. The van der Waals surface area contributed by atoms with E-state index in [1.54, 1.807) is 43.5 Å². The van der Waals surface area contributed by atoms with Gasteiger partial charge in [-0.2, -0.15) is 0 Å². The van der Waals surface area contributed by atoms with Gasteiger partial charge in [-0.15, -0.1) is 0 Å². The van der Waals surface area contributed by atoms with E-state index in [0.29, 0.717) is 16.4 Å². The molecule has 25 heavy (non-hydrogen) atoms. The van der Waals surface area contributed by atoms with Gasteiger partial charge >= 0.3 is 0 Å². The zero-order valence-electron chi connectivity index (χ0n) is 13.6. The van der Waals surface area contributed by atoms with E-state index >= 15 is 0 Å². The molecule has 0 bridgehead atoms. The number of anilines is 1. The predicted octanol–water partition coefficient (Wildman–Crippen LogP) is 4.44. The summed E-state index contributed by atoms with van der Waals surface area (Å²) in [5, 5.41) is 0.534. The van der Waals surface area contributed by atoms with Gasteiger partial charge < -0.3 is 0 Å². The first-order valence-electron chi connectivity index (χ1n) is 7.72. The Labute approximate surface area is 152 Å². The molecule has 0 aliphatic carbocycles. The number of sulfonamides is 1. The van der Waals surface area contributed by atoms with Gasteiger partial charge in [0, 0.05) is 11.2 Å². The van der Waals surface area contributed by atoms with Crippen LogP contribution in [0, 0.1) is 6.92 Å². The number of halogens is 1. The van der Waals surface area contributed by atoms with Crippen molar-refractivity contribution in [2.45, 2.75) is 18.4 Å². The van der Waals surface area contributed by atoms with Crippen LogP contribution in [0.15, 0.2) is 77.8 Å². The molecule has 0 N–H and O–H groups in total. The van der Waals surface area contributed by atoms with E-state index in [2.05, 4.69) is 4.98 Å². The van der Waals surface area contributed by atoms with Gasteiger partial charge in [-0.25, -0.2) is 17.7 Å². The van der Waals surface area contributed by atoms with Crippen molar-refractivity contribution in [2.75, 3.05) is 4.31 Å². The number of aromatic nitrogens is 1. The maximum absolute atomic E-state index is 13.2. The van der Waals surface area contributed by atoms with Gasteiger partial charge in [-0.1, -0.05) is 48.0 Å². The molecule has 2 aromatic carbocycles. The molecule has 1 aromatic heterocycles. The van der Waals surface area contributed by atoms with Crippen LogP contribution in [0.25, 0.3) is 0 Å². The zero-order chi connectivity index (χ0) is 17.9. The summed E-state index contributed by atoms with van der Waals surface area (Å²) in [6, 6.07) is 19.3. The Morgan fingerprint density at radius 2 is 1.72 bits per heavy atom. The molecule has 6 heteroatoms. The van der Waals surface area contributed by atoms with E-state index in [-0.39, 0.29) is 11.4 Å². The van der Waals surface area contributed by atoms with Crippen molar-refractivity contribution in [3.8, 4) is 0 Å². The second-order valence-electron chi connectivity index (χ2n) is 5.60. The van der Waals surface area contributed by atoms with Crippen molar-refractivity contribution in [1.82, 2.24) is 4.98 Å². The second-order valence-corrected chi connectivity index (χ2v) is 7.87. The number of hydrogen-bond donors (Lipinski definition) is 0. The Morgan fingerprint density at radius 1 is 1.00 bits per heavy atom. The van der Waals surface area contributed by atoms with Crippen LogP contribution < -0.4 is 4.31 Å². The first-order chi connectivity index (χ1) is 12.0. The number of nitrogens with zero attached hydrogens (tertiary/aromatic N) is 2. The quantitative estimate of drug-likeness (QED) is 0.665. The summed E-state index contributed by atoms with van der Waals surface area (Å²) in [4.78, 5) is 4.42. The normalized spacial score (nSPS) is 11.3. The highest BCUT2D eigenvalue weighted by molar-refractivity contribution is 7.92. The molecule has 1 heterocycles. The fraction of sp³-hybridized carbons (Fsp3) is 0.105. The van der Waals surface area contributed by atoms with Gasteiger partial charge in [0.1, 0.15) is 5.82 Å². The molecule has 0 saturated carbocycles. The van der Waals surface area contributed by atoms with Crippen LogP contribution in [0.1, 0.15) is 11.1 Å². The number of hydrogen-bond acceptors (Lipinski definition) is 3. The average molecular weight is 373 g/mol. The van der Waals surface area contributed by atoms with E-state index < -0.39 is 10.0 Å². The third-order valence-electron chi connectivity index (χ3n) is 3.79. The summed E-state index contributed by atoms with van der Waals surface area (Å²) in [5.41, 5.74) is 1.59. The van der Waals surface area contributed by atoms with Crippen molar-refractivity contribution in [3.63, 3.8) is 0 Å². The number of rotatable bonds is 5. The molecular weight excluding hydrogens is 356 g/mol. The summed E-state index contributed by atoms with van der Waals surface area (Å²) in [5.74, 6) is 0.374. The topological polar surface area (TPSA) is 50.3 Å². The summed E-state index contributed by atoms with van der Waals surface area (Å²) in [6.45, 7) is 1.98. The van der Waals surface area contributed by atoms with Gasteiger partial charge in [0.25, 0.3) is 10.0 Å². The molecule has 128 valence electrons. The Morgan fingerprint density at radius 3 is 2.36 bits per heavy atom. The van der Waals surface area contributed by atoms with E-state index in [4.69, 9.17) is 11.6 Å². The average Bonchev–Trinajstić information content (AvgIpc) is 2.63. The lowest BCUT2D eigenvalue weighted by Gasteiger charge is -2.24. The van der Waals surface area contributed by atoms with Gasteiger partial charge in [-0.05, 0) is 48.4 Å². The van der Waals surface area contributed by atoms with Gasteiger partial charge in [-0.3, -0.25) is 0 Å². The lowest BCUT2D eigenvalue weighted by atomic mass is 10.2. The van der Waals surface area contributed by atoms with E-state index in [0.717, 1.165) is 5.56 Å². The fourth-order valence-corrected chi connectivity index (χ4v) is 4.06. The molecule has 0 saturated heterocycles. The Balaban J connectivity index is 2.08. The van der Waals surface area contributed by atoms with Gasteiger partial charge in [0.15, 0.2) is 0 Å². The molecule has 0 atom stereocenters. The second kappa shape index (κ2) is 7.25. The Bertz CT molecular complexity index is 961. The van der Waals surface area contributed by atoms with Gasteiger partial charge in [0.2, 0.25) is 0 Å². The maximum atomic E-state index is 13.2. The van der Waals surface area contributed by atoms with Crippen LogP contribution in [-0.2, 0) is 16.6 Å². The van der Waals surface area contributed by atoms with Crippen LogP contribution in [-0.4, -0.2) is 13.4 Å². The largest absolute Gasteiger partial charge is 0.265 e. The van der Waals surface area contributed by atoms with Crippen LogP contribution in [0.3, 0.4) is 0 Å². The first kappa shape index (κ1) is 17.5. The molecule has 0 amide bonds. The molecule has 4 nitrogen and oxygen atoms in total. The highest BCUT2D eigenvalue weighted by atomic mass is 35.5. The Kier molecular flexibility index (Phi) is 5.06. The van der Waals surface area contributed by atoms with E-state index in [9.17, 15) is 8.42 Å². The van der Waals surface area contributed by atoms with Crippen molar-refractivity contribution in [1.29, 1.82) is 0 Å². The van der Waals surface area contributed by atoms with Crippen molar-refractivity contribution < 1.29 is 8.42 Å². The SMILES string of the molecule is Cc1cc(S(=O)(=O)N(Cc2ccccc2)c2ccccn2)ccc1Cl. The molecule has 0 aliphatic heterocycles. The lowest BCUT2D eigenvalue weighted by molar-refractivity contribution is 0.589. The summed E-state index contributed by atoms with van der Waals surface area (Å²) >= 11 is 6.04. The molecule has 3 rings (SSSR count). The minimum Gasteiger partial charge on any atom is -0.245 e. The number of pyridine rings is 1. The van der Waals surface area contributed by atoms with Crippen molar-refractivity contribution in [2.24, 2.45) is 0 Å². The number of aryl methyl sites for hydroxylation is 1. The first-order valence-corrected chi connectivity index (χ1v) is 9.54. The molecule has 0 aliphatic rings. The third kappa shape index (κ3) is 3.83. The highest BCUT2D eigenvalue weighted by Crippen LogP contribution is 2.26. The van der Waals surface area contributed by atoms with Crippen LogP contribution in [0.4, 0.5) is 5.82 Å². The summed E-state index contributed by atoms with van der Waals surface area (Å²) < 4.78 is 27.8. The lowest BCUT2D eigenvalue weighted by Crippen LogP contribution is -2.31. The molecule has 0 spiro atoms. The smallest absolute Gasteiger partial charge is 0.245 e. The maximum Gasteiger partial charge on any atom is 0.265 e. The van der Waals surface area contributed by atoms with Crippen LogP contribution >= 0.6 is 11.6 Å². The summed E-state index contributed by atoms with van der Waals surface area (Å²) in [6.07, 6.45) is 1.58. The highest BCUT2D eigenvalue weighted by Gasteiger charge is 2.26. The molecular formula is C19H17ClN2O2S. The summed E-state index contributed by atoms with van der Waals surface area (Å²) in [7, 11) is -3.78. The van der Waals surface area contributed by atoms with Crippen LogP contribution in [0.2, 0.25) is 5.02 Å². The van der Waals surface area contributed by atoms with E-state index in [1.807, 2.05) is 30.3 Å². The van der Waals surface area contributed by atoms with E-state index in [1.165, 1.54) is 10.4 Å². The molecule has 0 radical (unpaired) electrons. The van der Waals surface area contributed by atoms with Crippen LogP contribution in [0.5, 0.6) is 0 Å². The predicted molar refractivity (Wildman–Crippen MR) is 100 cm³/mol.